The molecule has 1 heterocycles. The van der Waals surface area contributed by atoms with E-state index in [1.54, 1.807) is 0 Å². The van der Waals surface area contributed by atoms with E-state index in [1.165, 1.54) is 6.07 Å². The minimum absolute atomic E-state index is 0.0251. The fourth-order valence-electron chi connectivity index (χ4n) is 2.48. The summed E-state index contributed by atoms with van der Waals surface area (Å²) in [6, 6.07) is 6.73. The van der Waals surface area contributed by atoms with Gasteiger partial charge in [0.1, 0.15) is 0 Å². The largest absolute Gasteiger partial charge is 0.417 e. The van der Waals surface area contributed by atoms with Gasteiger partial charge in [-0.15, -0.1) is 0 Å². The Kier molecular flexibility index (Phi) is 5.75. The monoisotopic (exact) mass is 449 g/mol. The van der Waals surface area contributed by atoms with E-state index in [0.717, 1.165) is 30.3 Å². The van der Waals surface area contributed by atoms with Crippen molar-refractivity contribution in [2.24, 2.45) is 0 Å². The van der Waals surface area contributed by atoms with Crippen LogP contribution in [-0.4, -0.2) is 16.0 Å². The molecule has 2 aromatic carbocycles. The van der Waals surface area contributed by atoms with Gasteiger partial charge in [-0.2, -0.15) is 31.3 Å². The minimum Gasteiger partial charge on any atom is -0.345 e. The van der Waals surface area contributed by atoms with E-state index in [-0.39, 0.29) is 28.8 Å². The lowest BCUT2D eigenvalue weighted by molar-refractivity contribution is -0.138. The average Bonchev–Trinajstić information content (AvgIpc) is 3.13. The van der Waals surface area contributed by atoms with Gasteiger partial charge < -0.3 is 9.84 Å². The summed E-state index contributed by atoms with van der Waals surface area (Å²) in [6.07, 6.45) is -9.30. The van der Waals surface area contributed by atoms with Crippen molar-refractivity contribution >= 4 is 17.5 Å². The number of amides is 1. The summed E-state index contributed by atoms with van der Waals surface area (Å²) in [6.45, 7) is -0.382. The van der Waals surface area contributed by atoms with Crippen LogP contribution in [0.4, 0.5) is 26.3 Å². The zero-order valence-corrected chi connectivity index (χ0v) is 15.4. The molecular weight excluding hydrogens is 440 g/mol. The first-order valence-electron chi connectivity index (χ1n) is 8.11. The quantitative estimate of drug-likeness (QED) is 0.545. The van der Waals surface area contributed by atoms with E-state index in [2.05, 4.69) is 15.5 Å². The van der Waals surface area contributed by atoms with Crippen molar-refractivity contribution < 1.29 is 35.7 Å². The Labute approximate surface area is 169 Å². The molecule has 1 aromatic heterocycles. The molecule has 0 aliphatic heterocycles. The normalized spacial score (nSPS) is 12.1. The Morgan fingerprint density at radius 3 is 2.37 bits per heavy atom. The first-order valence-corrected chi connectivity index (χ1v) is 8.48. The van der Waals surface area contributed by atoms with Crippen LogP contribution in [0, 0.1) is 0 Å². The molecule has 5 nitrogen and oxygen atoms in total. The summed E-state index contributed by atoms with van der Waals surface area (Å²) in [4.78, 5) is 16.0. The van der Waals surface area contributed by atoms with Gasteiger partial charge in [-0.3, -0.25) is 4.79 Å². The van der Waals surface area contributed by atoms with Crippen molar-refractivity contribution in [2.45, 2.75) is 18.9 Å². The van der Waals surface area contributed by atoms with E-state index < -0.39 is 35.0 Å². The number of aromatic nitrogens is 2. The molecule has 0 atom stereocenters. The highest BCUT2D eigenvalue weighted by Gasteiger charge is 2.35. The van der Waals surface area contributed by atoms with Crippen LogP contribution in [0.25, 0.3) is 11.5 Å². The lowest BCUT2D eigenvalue weighted by Crippen LogP contribution is -2.26. The van der Waals surface area contributed by atoms with Gasteiger partial charge in [0.25, 0.3) is 11.8 Å². The number of nitrogens with zero attached hydrogens (tertiary/aromatic N) is 2. The third-order valence-corrected chi connectivity index (χ3v) is 4.19. The molecule has 0 aliphatic rings. The summed E-state index contributed by atoms with van der Waals surface area (Å²) in [5, 5.41) is 5.48. The van der Waals surface area contributed by atoms with Gasteiger partial charge in [0.15, 0.2) is 5.82 Å². The molecule has 0 aliphatic carbocycles. The maximum Gasteiger partial charge on any atom is 0.417 e. The van der Waals surface area contributed by atoms with Gasteiger partial charge in [-0.25, -0.2) is 0 Å². The second-order valence-corrected chi connectivity index (χ2v) is 6.34. The third kappa shape index (κ3) is 4.73. The van der Waals surface area contributed by atoms with Crippen LogP contribution >= 0.6 is 11.6 Å². The molecule has 0 unspecified atom stereocenters. The number of alkyl halides is 6. The highest BCUT2D eigenvalue weighted by molar-refractivity contribution is 6.33. The topological polar surface area (TPSA) is 68.0 Å². The van der Waals surface area contributed by atoms with Gasteiger partial charge in [0, 0.05) is 0 Å². The zero-order valence-electron chi connectivity index (χ0n) is 14.6. The number of carbonyl (C=O) groups excluding carboxylic acids is 1. The smallest absolute Gasteiger partial charge is 0.345 e. The molecule has 0 fully saturated rings. The lowest BCUT2D eigenvalue weighted by Gasteiger charge is -2.11. The zero-order chi connectivity index (χ0) is 22.1. The Balaban J connectivity index is 1.74. The maximum absolute atomic E-state index is 13.0. The number of hydrogen-bond acceptors (Lipinski definition) is 4. The van der Waals surface area contributed by atoms with E-state index in [0.29, 0.717) is 6.07 Å². The Morgan fingerprint density at radius 2 is 1.73 bits per heavy atom. The SMILES string of the molecule is O=C(NCc1noc(-c2ccc(C(F)(F)F)cc2Cl)n1)c1ccccc1C(F)(F)F. The van der Waals surface area contributed by atoms with Gasteiger partial charge >= 0.3 is 12.4 Å². The van der Waals surface area contributed by atoms with Crippen LogP contribution < -0.4 is 5.32 Å². The molecule has 0 saturated carbocycles. The number of nitrogens with one attached hydrogen (secondary N) is 1. The number of benzene rings is 2. The van der Waals surface area contributed by atoms with Crippen molar-refractivity contribution in [1.82, 2.24) is 15.5 Å². The molecule has 0 saturated heterocycles. The minimum atomic E-state index is -4.72. The molecular formula is C18H10ClF6N3O2. The van der Waals surface area contributed by atoms with Crippen molar-refractivity contribution in [3.05, 3.63) is 70.0 Å². The van der Waals surface area contributed by atoms with Crippen molar-refractivity contribution in [3.8, 4) is 11.5 Å². The number of carbonyl (C=O) groups is 1. The summed E-state index contributed by atoms with van der Waals surface area (Å²) in [7, 11) is 0. The summed E-state index contributed by atoms with van der Waals surface area (Å²) < 4.78 is 82.0. The molecule has 12 heteroatoms. The molecule has 1 amide bonds. The fourth-order valence-corrected chi connectivity index (χ4v) is 2.74. The molecule has 3 aromatic rings. The van der Waals surface area contributed by atoms with E-state index >= 15 is 0 Å². The first-order chi connectivity index (χ1) is 14.0. The molecule has 1 N–H and O–H groups in total. The molecule has 0 radical (unpaired) electrons. The molecule has 0 bridgehead atoms. The van der Waals surface area contributed by atoms with Crippen molar-refractivity contribution in [1.29, 1.82) is 0 Å². The average molecular weight is 450 g/mol. The first kappa shape index (κ1) is 21.6. The molecule has 3 rings (SSSR count). The lowest BCUT2D eigenvalue weighted by atomic mass is 10.1. The van der Waals surface area contributed by atoms with Crippen LogP contribution in [-0.2, 0) is 18.9 Å². The Bertz CT molecular complexity index is 1080. The molecule has 158 valence electrons. The second kappa shape index (κ2) is 7.98. The number of hydrogen-bond donors (Lipinski definition) is 1. The van der Waals surface area contributed by atoms with Gasteiger partial charge in [-0.1, -0.05) is 28.9 Å². The number of rotatable bonds is 4. The fraction of sp³-hybridized carbons (Fsp3) is 0.167. The second-order valence-electron chi connectivity index (χ2n) is 5.93. The summed E-state index contributed by atoms with van der Waals surface area (Å²) >= 11 is 5.84. The van der Waals surface area contributed by atoms with E-state index in [4.69, 9.17) is 16.1 Å². The van der Waals surface area contributed by atoms with Crippen LogP contribution in [0.1, 0.15) is 27.3 Å². The third-order valence-electron chi connectivity index (χ3n) is 3.88. The Hall–Kier alpha value is -3.08. The predicted molar refractivity (Wildman–Crippen MR) is 92.4 cm³/mol. The van der Waals surface area contributed by atoms with E-state index in [9.17, 15) is 31.1 Å². The van der Waals surface area contributed by atoms with Gasteiger partial charge in [-0.05, 0) is 30.3 Å². The van der Waals surface area contributed by atoms with Crippen LogP contribution in [0.3, 0.4) is 0 Å². The summed E-state index contributed by atoms with van der Waals surface area (Å²) in [5.74, 6) is -1.34. The Morgan fingerprint density at radius 1 is 1.03 bits per heavy atom. The highest BCUT2D eigenvalue weighted by atomic mass is 35.5. The predicted octanol–water partition coefficient (Wildman–Crippen LogP) is 5.36. The van der Waals surface area contributed by atoms with E-state index in [1.807, 2.05) is 0 Å². The van der Waals surface area contributed by atoms with Crippen LogP contribution in [0.15, 0.2) is 47.0 Å². The highest BCUT2D eigenvalue weighted by Crippen LogP contribution is 2.35. The molecule has 0 spiro atoms. The van der Waals surface area contributed by atoms with Crippen molar-refractivity contribution in [2.75, 3.05) is 0 Å². The van der Waals surface area contributed by atoms with Crippen LogP contribution in [0.5, 0.6) is 0 Å². The number of halogens is 7. The van der Waals surface area contributed by atoms with Crippen LogP contribution in [0.2, 0.25) is 5.02 Å². The van der Waals surface area contributed by atoms with Gasteiger partial charge in [0.2, 0.25) is 0 Å². The van der Waals surface area contributed by atoms with Gasteiger partial charge in [0.05, 0.1) is 33.8 Å². The molecule has 30 heavy (non-hydrogen) atoms. The standard InChI is InChI=1S/C18H10ClF6N3O2/c19-13-7-9(17(20,21)22)5-6-11(13)16-27-14(28-30-16)8-26-15(29)10-3-1-2-4-12(10)18(23,24)25/h1-7H,8H2,(H,26,29). The maximum atomic E-state index is 13.0. The van der Waals surface area contributed by atoms with Crippen molar-refractivity contribution in [3.63, 3.8) is 0 Å². The summed E-state index contributed by atoms with van der Waals surface area (Å²) in [5.41, 5.74) is -2.63.